The third-order valence-electron chi connectivity index (χ3n) is 3.87. The maximum Gasteiger partial charge on any atom is 0.131 e. The molecule has 19 heavy (non-hydrogen) atoms. The van der Waals surface area contributed by atoms with Crippen LogP contribution in [0.2, 0.25) is 0 Å². The first-order valence-electron chi connectivity index (χ1n) is 7.24. The molecule has 0 saturated heterocycles. The molecule has 0 aliphatic heterocycles. The summed E-state index contributed by atoms with van der Waals surface area (Å²) in [5.41, 5.74) is 2.41. The van der Waals surface area contributed by atoms with Crippen molar-refractivity contribution < 1.29 is 5.11 Å². The number of hydrogen-bond acceptors (Lipinski definition) is 4. The van der Waals surface area contributed by atoms with Crippen LogP contribution >= 0.6 is 0 Å². The first-order chi connectivity index (χ1) is 9.26. The minimum absolute atomic E-state index is 0.190. The highest BCUT2D eigenvalue weighted by atomic mass is 16.3. The Hall–Kier alpha value is -1.13. The van der Waals surface area contributed by atoms with E-state index >= 15 is 0 Å². The molecular weight excluding hydrogens is 238 g/mol. The zero-order chi connectivity index (χ0) is 13.7. The first-order valence-corrected chi connectivity index (χ1v) is 7.24. The summed E-state index contributed by atoms with van der Waals surface area (Å²) in [5.74, 6) is 1.04. The zero-order valence-corrected chi connectivity index (χ0v) is 12.0. The summed E-state index contributed by atoms with van der Waals surface area (Å²) in [7, 11) is 1.94. The number of nitrogens with zero attached hydrogens (tertiary/aromatic N) is 2. The molecule has 1 aliphatic carbocycles. The molecule has 1 aromatic heterocycles. The number of aryl methyl sites for hydroxylation is 1. The molecule has 0 radical (unpaired) electrons. The van der Waals surface area contributed by atoms with Crippen LogP contribution in [0.3, 0.4) is 0 Å². The van der Waals surface area contributed by atoms with E-state index in [1.165, 1.54) is 36.8 Å². The molecule has 0 amide bonds. The van der Waals surface area contributed by atoms with E-state index in [0.717, 1.165) is 12.4 Å². The molecule has 2 N–H and O–H groups in total. The molecular formula is C15H25N3O. The lowest BCUT2D eigenvalue weighted by Crippen LogP contribution is -2.36. The van der Waals surface area contributed by atoms with Gasteiger partial charge in [-0.25, -0.2) is 4.98 Å². The topological polar surface area (TPSA) is 48.4 Å². The van der Waals surface area contributed by atoms with Gasteiger partial charge in [-0.2, -0.15) is 0 Å². The van der Waals surface area contributed by atoms with Gasteiger partial charge in [0, 0.05) is 25.3 Å². The summed E-state index contributed by atoms with van der Waals surface area (Å²) >= 11 is 0. The Morgan fingerprint density at radius 1 is 1.42 bits per heavy atom. The quantitative estimate of drug-likeness (QED) is 0.822. The Kier molecular flexibility index (Phi) is 5.16. The van der Waals surface area contributed by atoms with Crippen molar-refractivity contribution in [1.82, 2.24) is 10.3 Å². The monoisotopic (exact) mass is 263 g/mol. The average molecular weight is 263 g/mol. The fourth-order valence-corrected chi connectivity index (χ4v) is 3.01. The molecule has 1 saturated carbocycles. The molecule has 0 spiro atoms. The standard InChI is InChI=1S/C15H25N3O/c1-12-9-13(10-16-2)11-17-15(12)18(7-8-19)14-5-3-4-6-14/h9,11,14,16,19H,3-8,10H2,1-2H3. The average Bonchev–Trinajstić information content (AvgIpc) is 2.91. The highest BCUT2D eigenvalue weighted by Gasteiger charge is 2.24. The lowest BCUT2D eigenvalue weighted by atomic mass is 10.1. The molecule has 1 aliphatic rings. The molecule has 1 fully saturated rings. The number of aromatic nitrogens is 1. The van der Waals surface area contributed by atoms with Gasteiger partial charge in [0.15, 0.2) is 0 Å². The Morgan fingerprint density at radius 3 is 2.74 bits per heavy atom. The van der Waals surface area contributed by atoms with Gasteiger partial charge in [-0.3, -0.25) is 0 Å². The summed E-state index contributed by atoms with van der Waals surface area (Å²) in [6.45, 7) is 3.83. The van der Waals surface area contributed by atoms with E-state index in [4.69, 9.17) is 0 Å². The highest BCUT2D eigenvalue weighted by Crippen LogP contribution is 2.28. The molecule has 106 valence electrons. The van der Waals surface area contributed by atoms with Crippen LogP contribution in [0.1, 0.15) is 36.8 Å². The van der Waals surface area contributed by atoms with Gasteiger partial charge in [0.05, 0.1) is 6.61 Å². The second-order valence-electron chi connectivity index (χ2n) is 5.37. The number of anilines is 1. The third-order valence-corrected chi connectivity index (χ3v) is 3.87. The number of nitrogens with one attached hydrogen (secondary N) is 1. The predicted octanol–water partition coefficient (Wildman–Crippen LogP) is 1.85. The minimum atomic E-state index is 0.190. The summed E-state index contributed by atoms with van der Waals surface area (Å²) in [6.07, 6.45) is 6.98. The van der Waals surface area contributed by atoms with Crippen LogP contribution in [-0.4, -0.2) is 36.3 Å². The number of hydrogen-bond donors (Lipinski definition) is 2. The van der Waals surface area contributed by atoms with Crippen molar-refractivity contribution in [2.75, 3.05) is 25.1 Å². The molecule has 0 atom stereocenters. The van der Waals surface area contributed by atoms with Crippen LogP contribution in [-0.2, 0) is 6.54 Å². The van der Waals surface area contributed by atoms with Crippen LogP contribution in [0.15, 0.2) is 12.3 Å². The number of aliphatic hydroxyl groups is 1. The summed E-state index contributed by atoms with van der Waals surface area (Å²) < 4.78 is 0. The summed E-state index contributed by atoms with van der Waals surface area (Å²) in [6, 6.07) is 2.74. The Bertz CT molecular complexity index is 402. The lowest BCUT2D eigenvalue weighted by molar-refractivity contribution is 0.296. The highest BCUT2D eigenvalue weighted by molar-refractivity contribution is 5.48. The van der Waals surface area contributed by atoms with E-state index in [9.17, 15) is 5.11 Å². The molecule has 4 nitrogen and oxygen atoms in total. The van der Waals surface area contributed by atoms with Gasteiger partial charge in [0.25, 0.3) is 0 Å². The summed E-state index contributed by atoms with van der Waals surface area (Å²) in [4.78, 5) is 6.93. The van der Waals surface area contributed by atoms with E-state index in [2.05, 4.69) is 28.2 Å². The van der Waals surface area contributed by atoms with E-state index in [1.807, 2.05) is 13.2 Å². The molecule has 4 heteroatoms. The second-order valence-corrected chi connectivity index (χ2v) is 5.37. The second kappa shape index (κ2) is 6.87. The van der Waals surface area contributed by atoms with Crippen molar-refractivity contribution in [3.8, 4) is 0 Å². The van der Waals surface area contributed by atoms with Crippen LogP contribution in [0.4, 0.5) is 5.82 Å². The Balaban J connectivity index is 2.20. The van der Waals surface area contributed by atoms with Crippen molar-refractivity contribution in [3.63, 3.8) is 0 Å². The molecule has 1 heterocycles. The molecule has 1 aromatic rings. The van der Waals surface area contributed by atoms with E-state index < -0.39 is 0 Å². The Labute approximate surface area is 115 Å². The fourth-order valence-electron chi connectivity index (χ4n) is 3.01. The van der Waals surface area contributed by atoms with Gasteiger partial charge in [0.2, 0.25) is 0 Å². The van der Waals surface area contributed by atoms with Crippen LogP contribution < -0.4 is 10.2 Å². The van der Waals surface area contributed by atoms with Gasteiger partial charge in [-0.1, -0.05) is 12.8 Å². The van der Waals surface area contributed by atoms with Crippen LogP contribution in [0, 0.1) is 6.92 Å². The smallest absolute Gasteiger partial charge is 0.131 e. The number of aliphatic hydroxyl groups excluding tert-OH is 1. The fraction of sp³-hybridized carbons (Fsp3) is 0.667. The van der Waals surface area contributed by atoms with Crippen LogP contribution in [0.25, 0.3) is 0 Å². The SMILES string of the molecule is CNCc1cnc(N(CCO)C2CCCC2)c(C)c1. The predicted molar refractivity (Wildman–Crippen MR) is 78.4 cm³/mol. The lowest BCUT2D eigenvalue weighted by Gasteiger charge is -2.30. The van der Waals surface area contributed by atoms with Crippen molar-refractivity contribution in [2.45, 2.75) is 45.2 Å². The largest absolute Gasteiger partial charge is 0.395 e. The van der Waals surface area contributed by atoms with Gasteiger partial charge in [-0.15, -0.1) is 0 Å². The maximum absolute atomic E-state index is 9.31. The van der Waals surface area contributed by atoms with Crippen molar-refractivity contribution in [2.24, 2.45) is 0 Å². The normalized spacial score (nSPS) is 15.9. The van der Waals surface area contributed by atoms with Crippen molar-refractivity contribution >= 4 is 5.82 Å². The molecule has 0 aromatic carbocycles. The van der Waals surface area contributed by atoms with Crippen molar-refractivity contribution in [3.05, 3.63) is 23.4 Å². The van der Waals surface area contributed by atoms with Gasteiger partial charge in [-0.05, 0) is 44.0 Å². The third kappa shape index (κ3) is 3.45. The molecule has 2 rings (SSSR count). The number of pyridine rings is 1. The van der Waals surface area contributed by atoms with Gasteiger partial charge >= 0.3 is 0 Å². The minimum Gasteiger partial charge on any atom is -0.395 e. The Morgan fingerprint density at radius 2 is 2.16 bits per heavy atom. The summed E-state index contributed by atoms with van der Waals surface area (Å²) in [5, 5.41) is 12.5. The number of rotatable bonds is 6. The van der Waals surface area contributed by atoms with Crippen LogP contribution in [0.5, 0.6) is 0 Å². The van der Waals surface area contributed by atoms with Gasteiger partial charge in [0.1, 0.15) is 5.82 Å². The van der Waals surface area contributed by atoms with E-state index in [1.54, 1.807) is 0 Å². The van der Waals surface area contributed by atoms with Gasteiger partial charge < -0.3 is 15.3 Å². The van der Waals surface area contributed by atoms with Crippen molar-refractivity contribution in [1.29, 1.82) is 0 Å². The molecule has 0 bridgehead atoms. The molecule has 0 unspecified atom stereocenters. The van der Waals surface area contributed by atoms with E-state index in [-0.39, 0.29) is 6.61 Å². The first kappa shape index (κ1) is 14.3. The maximum atomic E-state index is 9.31. The van der Waals surface area contributed by atoms with E-state index in [0.29, 0.717) is 12.6 Å². The zero-order valence-electron chi connectivity index (χ0n) is 12.0.